The Labute approximate surface area is 112 Å². The standard InChI is InChI=1S/C13H19N3O3/c1-3-4-5-11(17)15-6-7-16-9(2)14-12(13(18)19)10(16)8-15/h3-8H2,1-2H3,(H,18,19). The molecule has 0 radical (unpaired) electrons. The molecule has 0 aliphatic carbocycles. The molecule has 104 valence electrons. The van der Waals surface area contributed by atoms with E-state index in [9.17, 15) is 9.59 Å². The Morgan fingerprint density at radius 3 is 2.74 bits per heavy atom. The minimum Gasteiger partial charge on any atom is -0.476 e. The van der Waals surface area contributed by atoms with E-state index in [4.69, 9.17) is 5.11 Å². The highest BCUT2D eigenvalue weighted by Gasteiger charge is 2.27. The lowest BCUT2D eigenvalue weighted by Gasteiger charge is -2.29. The first-order valence-electron chi connectivity index (χ1n) is 6.61. The lowest BCUT2D eigenvalue weighted by atomic mass is 10.2. The van der Waals surface area contributed by atoms with E-state index < -0.39 is 5.97 Å². The van der Waals surface area contributed by atoms with Crippen LogP contribution in [0.1, 0.15) is 48.2 Å². The number of hydrogen-bond donors (Lipinski definition) is 1. The minimum atomic E-state index is -1.03. The molecule has 0 spiro atoms. The van der Waals surface area contributed by atoms with Gasteiger partial charge in [0, 0.05) is 19.5 Å². The van der Waals surface area contributed by atoms with Crippen molar-refractivity contribution in [1.29, 1.82) is 0 Å². The number of carbonyl (C=O) groups is 2. The Morgan fingerprint density at radius 2 is 2.11 bits per heavy atom. The van der Waals surface area contributed by atoms with Crippen LogP contribution in [-0.4, -0.2) is 38.0 Å². The monoisotopic (exact) mass is 265 g/mol. The molecule has 6 heteroatoms. The molecule has 0 saturated carbocycles. The van der Waals surface area contributed by atoms with Gasteiger partial charge in [-0.1, -0.05) is 13.3 Å². The van der Waals surface area contributed by atoms with E-state index >= 15 is 0 Å². The molecule has 0 bridgehead atoms. The van der Waals surface area contributed by atoms with Crippen LogP contribution in [0.3, 0.4) is 0 Å². The van der Waals surface area contributed by atoms with E-state index in [-0.39, 0.29) is 11.6 Å². The second-order valence-corrected chi connectivity index (χ2v) is 4.83. The highest BCUT2D eigenvalue weighted by molar-refractivity contribution is 5.87. The number of nitrogens with zero attached hydrogens (tertiary/aromatic N) is 3. The van der Waals surface area contributed by atoms with Gasteiger partial charge in [0.15, 0.2) is 5.69 Å². The molecule has 19 heavy (non-hydrogen) atoms. The number of carboxylic acid groups (broad SMARTS) is 1. The number of imidazole rings is 1. The summed E-state index contributed by atoms with van der Waals surface area (Å²) in [6, 6.07) is 0. The summed E-state index contributed by atoms with van der Waals surface area (Å²) in [5, 5.41) is 9.14. The molecule has 0 unspecified atom stereocenters. The van der Waals surface area contributed by atoms with Crippen LogP contribution in [0.2, 0.25) is 0 Å². The lowest BCUT2D eigenvalue weighted by molar-refractivity contribution is -0.132. The first kappa shape index (κ1) is 13.6. The average molecular weight is 265 g/mol. The topological polar surface area (TPSA) is 75.4 Å². The maximum Gasteiger partial charge on any atom is 0.356 e. The van der Waals surface area contributed by atoms with Gasteiger partial charge in [0.25, 0.3) is 0 Å². The highest BCUT2D eigenvalue weighted by atomic mass is 16.4. The maximum absolute atomic E-state index is 12.0. The predicted molar refractivity (Wildman–Crippen MR) is 68.9 cm³/mol. The van der Waals surface area contributed by atoms with Crippen LogP contribution in [0.25, 0.3) is 0 Å². The number of amides is 1. The zero-order chi connectivity index (χ0) is 14.0. The molecule has 1 aromatic heterocycles. The second kappa shape index (κ2) is 5.42. The zero-order valence-electron chi connectivity index (χ0n) is 11.3. The number of aromatic nitrogens is 2. The van der Waals surface area contributed by atoms with E-state index in [1.165, 1.54) is 0 Å². The maximum atomic E-state index is 12.0. The van der Waals surface area contributed by atoms with Crippen LogP contribution in [-0.2, 0) is 17.9 Å². The molecular formula is C13H19N3O3. The van der Waals surface area contributed by atoms with Crippen LogP contribution in [0.5, 0.6) is 0 Å². The summed E-state index contributed by atoms with van der Waals surface area (Å²) in [6.07, 6.45) is 2.39. The van der Waals surface area contributed by atoms with Crippen LogP contribution in [0, 0.1) is 6.92 Å². The lowest BCUT2D eigenvalue weighted by Crippen LogP contribution is -2.38. The fraction of sp³-hybridized carbons (Fsp3) is 0.615. The molecule has 2 heterocycles. The van der Waals surface area contributed by atoms with Crippen molar-refractivity contribution >= 4 is 11.9 Å². The number of hydrogen-bond acceptors (Lipinski definition) is 3. The van der Waals surface area contributed by atoms with Crippen molar-refractivity contribution in [3.05, 3.63) is 17.2 Å². The number of aromatic carboxylic acids is 1. The number of carbonyl (C=O) groups excluding carboxylic acids is 1. The van der Waals surface area contributed by atoms with Gasteiger partial charge in [0.05, 0.1) is 12.2 Å². The Kier molecular flexibility index (Phi) is 3.87. The second-order valence-electron chi connectivity index (χ2n) is 4.83. The zero-order valence-corrected chi connectivity index (χ0v) is 11.3. The van der Waals surface area contributed by atoms with Gasteiger partial charge in [-0.05, 0) is 13.3 Å². The number of aryl methyl sites for hydroxylation is 1. The molecule has 0 atom stereocenters. The van der Waals surface area contributed by atoms with Gasteiger partial charge in [-0.25, -0.2) is 9.78 Å². The molecule has 2 rings (SSSR count). The quantitative estimate of drug-likeness (QED) is 0.893. The average Bonchev–Trinajstić information content (AvgIpc) is 2.73. The Bertz CT molecular complexity index is 507. The molecule has 1 aliphatic rings. The van der Waals surface area contributed by atoms with Gasteiger partial charge >= 0.3 is 5.97 Å². The normalized spacial score (nSPS) is 14.3. The fourth-order valence-electron chi connectivity index (χ4n) is 2.42. The van der Waals surface area contributed by atoms with E-state index in [1.54, 1.807) is 11.8 Å². The van der Waals surface area contributed by atoms with Gasteiger partial charge in [-0.15, -0.1) is 0 Å². The van der Waals surface area contributed by atoms with Crippen molar-refractivity contribution in [2.45, 2.75) is 46.2 Å². The SMILES string of the molecule is CCCCC(=O)N1CCn2c(C)nc(C(=O)O)c2C1. The fourth-order valence-corrected chi connectivity index (χ4v) is 2.42. The van der Waals surface area contributed by atoms with Gasteiger partial charge in [0.1, 0.15) is 5.82 Å². The van der Waals surface area contributed by atoms with E-state index in [0.717, 1.165) is 12.8 Å². The van der Waals surface area contributed by atoms with Gasteiger partial charge in [0.2, 0.25) is 5.91 Å². The highest BCUT2D eigenvalue weighted by Crippen LogP contribution is 2.20. The van der Waals surface area contributed by atoms with Crippen LogP contribution < -0.4 is 0 Å². The van der Waals surface area contributed by atoms with Gasteiger partial charge in [-0.2, -0.15) is 0 Å². The number of rotatable bonds is 4. The van der Waals surface area contributed by atoms with Gasteiger partial charge in [-0.3, -0.25) is 4.79 Å². The number of carboxylic acids is 1. The van der Waals surface area contributed by atoms with Crippen molar-refractivity contribution in [2.24, 2.45) is 0 Å². The molecule has 1 aliphatic heterocycles. The smallest absolute Gasteiger partial charge is 0.356 e. The first-order chi connectivity index (χ1) is 9.04. The molecule has 0 saturated heterocycles. The van der Waals surface area contributed by atoms with Crippen molar-refractivity contribution in [3.63, 3.8) is 0 Å². The molecule has 0 fully saturated rings. The summed E-state index contributed by atoms with van der Waals surface area (Å²) < 4.78 is 1.90. The van der Waals surface area contributed by atoms with Crippen molar-refractivity contribution in [1.82, 2.24) is 14.5 Å². The molecule has 1 aromatic rings. The number of fused-ring (bicyclic) bond motifs is 1. The molecular weight excluding hydrogens is 246 g/mol. The van der Waals surface area contributed by atoms with Crippen molar-refractivity contribution < 1.29 is 14.7 Å². The van der Waals surface area contributed by atoms with Crippen LogP contribution in [0.4, 0.5) is 0 Å². The van der Waals surface area contributed by atoms with Crippen LogP contribution >= 0.6 is 0 Å². The summed E-state index contributed by atoms with van der Waals surface area (Å²) in [7, 11) is 0. The van der Waals surface area contributed by atoms with Gasteiger partial charge < -0.3 is 14.6 Å². The third-order valence-corrected chi connectivity index (χ3v) is 3.50. The molecule has 1 amide bonds. The third-order valence-electron chi connectivity index (χ3n) is 3.50. The third kappa shape index (κ3) is 2.62. The Hall–Kier alpha value is -1.85. The largest absolute Gasteiger partial charge is 0.476 e. The van der Waals surface area contributed by atoms with Crippen molar-refractivity contribution in [2.75, 3.05) is 6.54 Å². The van der Waals surface area contributed by atoms with Crippen molar-refractivity contribution in [3.8, 4) is 0 Å². The minimum absolute atomic E-state index is 0.0745. The first-order valence-corrected chi connectivity index (χ1v) is 6.61. The Balaban J connectivity index is 2.18. The van der Waals surface area contributed by atoms with E-state index in [2.05, 4.69) is 4.98 Å². The summed E-state index contributed by atoms with van der Waals surface area (Å²) >= 11 is 0. The molecule has 1 N–H and O–H groups in total. The Morgan fingerprint density at radius 1 is 1.37 bits per heavy atom. The van der Waals surface area contributed by atoms with E-state index in [1.807, 2.05) is 11.5 Å². The summed E-state index contributed by atoms with van der Waals surface area (Å²) in [6.45, 7) is 5.45. The van der Waals surface area contributed by atoms with E-state index in [0.29, 0.717) is 37.6 Å². The number of unbranched alkanes of at least 4 members (excludes halogenated alkanes) is 1. The molecule has 6 nitrogen and oxygen atoms in total. The van der Waals surface area contributed by atoms with Crippen LogP contribution in [0.15, 0.2) is 0 Å². The predicted octanol–water partition coefficient (Wildman–Crippen LogP) is 1.42. The molecule has 0 aromatic carbocycles. The summed E-state index contributed by atoms with van der Waals surface area (Å²) in [5.74, 6) is -0.226. The summed E-state index contributed by atoms with van der Waals surface area (Å²) in [4.78, 5) is 29.0. The summed E-state index contributed by atoms with van der Waals surface area (Å²) in [5.41, 5.74) is 0.714.